The second-order valence-corrected chi connectivity index (χ2v) is 54.2. The number of ether oxygens (including phenoxy) is 1. The molecule has 0 bridgehead atoms. The van der Waals surface area contributed by atoms with Gasteiger partial charge in [0, 0.05) is 55.2 Å². The fourth-order valence-corrected chi connectivity index (χ4v) is 23.6. The fourth-order valence-electron chi connectivity index (χ4n) is 17.2. The van der Waals surface area contributed by atoms with Crippen molar-refractivity contribution in [1.29, 1.82) is 0 Å². The van der Waals surface area contributed by atoms with Crippen LogP contribution in [0.4, 0.5) is 52.7 Å². The quantitative estimate of drug-likeness (QED) is 0.0544. The molecule has 11 rings (SSSR count). The van der Waals surface area contributed by atoms with E-state index in [1.54, 1.807) is 0 Å². The van der Waals surface area contributed by atoms with Gasteiger partial charge in [-0.15, -0.1) is 0 Å². The van der Waals surface area contributed by atoms with Crippen LogP contribution in [0.25, 0.3) is 0 Å². The zero-order valence-corrected chi connectivity index (χ0v) is 72.3. The molecule has 2 aromatic carbocycles. The number of carbonyl (C=O) groups excluding carboxylic acids is 1. The predicted octanol–water partition coefficient (Wildman–Crippen LogP) is 23.6. The van der Waals surface area contributed by atoms with Gasteiger partial charge in [0.15, 0.2) is 25.0 Å². The molecule has 4 unspecified atom stereocenters. The molecule has 2 aromatic rings. The van der Waals surface area contributed by atoms with Crippen LogP contribution < -0.4 is 10.6 Å². The molecule has 1 saturated heterocycles. The summed E-state index contributed by atoms with van der Waals surface area (Å²) in [6.45, 7) is 41.6. The number of carbonyl (C=O) groups is 1. The number of allylic oxidation sites excluding steroid dienone is 10. The molecule has 1 heterocycles. The average Bonchev–Trinajstić information content (AvgIpc) is 1.75. The number of hydrogen-bond acceptors (Lipinski definition) is 9. The number of aliphatic hydroxyl groups excluding tert-OH is 2. The Hall–Kier alpha value is -4.47. The van der Waals surface area contributed by atoms with E-state index in [0.717, 1.165) is 115 Å². The second kappa shape index (κ2) is 34.5. The topological polar surface area (TPSA) is 132 Å². The smallest absolute Gasteiger partial charge is 0.413 e. The third kappa shape index (κ3) is 20.8. The number of alkyl halides is 12. The van der Waals surface area contributed by atoms with Gasteiger partial charge in [0.1, 0.15) is 12.9 Å². The van der Waals surface area contributed by atoms with Gasteiger partial charge in [0.2, 0.25) is 0 Å². The van der Waals surface area contributed by atoms with Crippen LogP contribution in [0.2, 0.25) is 55.9 Å². The van der Waals surface area contributed by atoms with Crippen molar-refractivity contribution in [2.24, 2.45) is 33.5 Å². The van der Waals surface area contributed by atoms with Crippen LogP contribution in [0.1, 0.15) is 184 Å². The number of ketones is 1. The van der Waals surface area contributed by atoms with E-state index in [0.29, 0.717) is 56.7 Å². The maximum absolute atomic E-state index is 14.7. The Morgan fingerprint density at radius 1 is 0.580 bits per heavy atom. The zero-order chi connectivity index (χ0) is 83.8. The van der Waals surface area contributed by atoms with Crippen molar-refractivity contribution in [3.05, 3.63) is 168 Å². The third-order valence-electron chi connectivity index (χ3n) is 26.0. The number of fused-ring (bicyclic) bond motifs is 2. The number of Topliss-reactive ketones (excluding diaryl/α,β-unsaturated/α-hetero) is 1. The lowest BCUT2D eigenvalue weighted by molar-refractivity contribution is -0.347. The first kappa shape index (κ1) is 93.0. The summed E-state index contributed by atoms with van der Waals surface area (Å²) >= 11 is 0. The normalized spacial score (nSPS) is 27.9. The monoisotopic (exact) mass is 1650 g/mol. The van der Waals surface area contributed by atoms with E-state index < -0.39 is 91.0 Å². The van der Waals surface area contributed by atoms with Gasteiger partial charge in [-0.2, -0.15) is 52.7 Å². The highest BCUT2D eigenvalue weighted by molar-refractivity contribution is 7.78. The molecule has 112 heavy (non-hydrogen) atoms. The summed E-state index contributed by atoms with van der Waals surface area (Å²) in [5.41, 5.74) is -3.74. The van der Waals surface area contributed by atoms with Crippen molar-refractivity contribution in [2.75, 3.05) is 19.4 Å². The summed E-state index contributed by atoms with van der Waals surface area (Å²) in [5, 5.41) is 31.6. The van der Waals surface area contributed by atoms with Crippen LogP contribution in [-0.4, -0.2) is 126 Å². The Bertz CT molecular complexity index is 3830. The van der Waals surface area contributed by atoms with Crippen molar-refractivity contribution in [2.45, 2.75) is 300 Å². The summed E-state index contributed by atoms with van der Waals surface area (Å²) in [6.07, 6.45) is 2.09. The van der Waals surface area contributed by atoms with Crippen molar-refractivity contribution >= 4 is 48.5 Å². The Kier molecular flexibility index (Phi) is 28.6. The van der Waals surface area contributed by atoms with E-state index in [4.69, 9.17) is 18.0 Å². The van der Waals surface area contributed by atoms with E-state index in [-0.39, 0.29) is 82.1 Å². The summed E-state index contributed by atoms with van der Waals surface area (Å²) in [7, 11) is -10.1. The first-order valence-corrected chi connectivity index (χ1v) is 51.0. The van der Waals surface area contributed by atoms with Gasteiger partial charge in [0.25, 0.3) is 11.2 Å². The van der Waals surface area contributed by atoms with Gasteiger partial charge in [-0.3, -0.25) is 4.79 Å². The highest BCUT2D eigenvalue weighted by Gasteiger charge is 2.72. The molecule has 0 radical (unpaired) electrons. The first-order chi connectivity index (χ1) is 51.4. The van der Waals surface area contributed by atoms with Crippen LogP contribution in [0.15, 0.2) is 168 Å². The zero-order valence-electron chi connectivity index (χ0n) is 68.4. The maximum atomic E-state index is 14.7. The highest BCUT2D eigenvalue weighted by atomic mass is 31.2. The lowest BCUT2D eigenvalue weighted by Gasteiger charge is -2.45. The van der Waals surface area contributed by atoms with E-state index in [2.05, 4.69) is 100.0 Å². The Morgan fingerprint density at radius 2 is 1.04 bits per heavy atom. The van der Waals surface area contributed by atoms with Gasteiger partial charge in [-0.25, -0.2) is 0 Å². The van der Waals surface area contributed by atoms with Crippen molar-refractivity contribution in [3.8, 4) is 0 Å². The van der Waals surface area contributed by atoms with Crippen molar-refractivity contribution < 1.29 is 95.4 Å². The molecule has 9 aliphatic rings. The lowest BCUT2D eigenvalue weighted by Crippen LogP contribution is -2.61. The number of benzene rings is 2. The summed E-state index contributed by atoms with van der Waals surface area (Å²) in [5.74, 6) is 0.268. The van der Waals surface area contributed by atoms with Gasteiger partial charge in [0.05, 0.1) is 24.4 Å². The molecule has 0 amide bonds. The van der Waals surface area contributed by atoms with E-state index in [1.807, 2.05) is 85.8 Å². The Balaban J connectivity index is 0.000000205. The van der Waals surface area contributed by atoms with E-state index >= 15 is 0 Å². The molecule has 626 valence electrons. The van der Waals surface area contributed by atoms with Crippen LogP contribution in [0.3, 0.4) is 0 Å². The standard InChI is InChI=1S/C33H51O3PSi2.C28H34F6O3.C22H30F6O2Si.C4H8O/c1-26-27(22-23-37(34,29-18-14-12-15-19-29)30-20-16-13-17-21-30)24-28(35-38(8,9)32(2,3)4)25-31(26)36-39(10,11)33(5,6)7;1-17-19(15-20(35)16-22(17)36)7-6-18-5-3-10-24(2)21(18)8-9-23(24)25(13-14-25)11-4-12-26(37,27(29,30)31)28(32,33)34;1-18-10-5-7-16(29)15(18)8-9-17(18)19(13-14-19)11-6-12-20(21(23,24)25,22(26,27)28)30-31(2,3)4;1-2-4-5-3-1/h12-22,28,31H,1,23-25H2,2-11H3;4,6-7,9,12,20-22,35-37H,1,3,5,8,10-11,13-16H2,2H3;6,9,12,15H,5,7-8,10-11,13-14H2,1-4H3;1-4H2/b27-22-;12-4-,18-6+,19-7-;12-6-;/t28?,31-;20?,21?,22-,24-;15?,18-;/m000./s1. The minimum absolute atomic E-state index is 0.00825. The fraction of sp³-hybridized carbons (Fsp3) is 0.644. The number of aliphatic hydroxyl groups is 3. The molecule has 1 aliphatic heterocycles. The van der Waals surface area contributed by atoms with Crippen molar-refractivity contribution in [3.63, 3.8) is 0 Å². The van der Waals surface area contributed by atoms with Crippen LogP contribution in [0.5, 0.6) is 0 Å². The maximum Gasteiger partial charge on any atom is 0.429 e. The largest absolute Gasteiger partial charge is 0.429 e. The van der Waals surface area contributed by atoms with Gasteiger partial charge >= 0.3 is 24.7 Å². The van der Waals surface area contributed by atoms with E-state index in [1.165, 1.54) is 38.1 Å². The molecule has 3 N–H and O–H groups in total. The molecule has 6 saturated carbocycles. The minimum Gasteiger partial charge on any atom is -0.413 e. The minimum atomic E-state index is -5.87. The molecule has 0 aromatic heterocycles. The molecule has 9 nitrogen and oxygen atoms in total. The molecular weight excluding hydrogens is 1530 g/mol. The molecule has 0 spiro atoms. The van der Waals surface area contributed by atoms with Crippen LogP contribution >= 0.6 is 7.14 Å². The van der Waals surface area contributed by atoms with Crippen LogP contribution in [-0.2, 0) is 27.4 Å². The lowest BCUT2D eigenvalue weighted by atomic mass is 9.61. The molecule has 25 heteroatoms. The Morgan fingerprint density at radius 3 is 1.49 bits per heavy atom. The van der Waals surface area contributed by atoms with E-state index in [9.17, 15) is 77.4 Å². The number of hydrogen-bond donors (Lipinski definition) is 3. The second-order valence-electron chi connectivity index (χ2n) is 37.3. The van der Waals surface area contributed by atoms with Gasteiger partial charge in [-0.1, -0.05) is 188 Å². The summed E-state index contributed by atoms with van der Waals surface area (Å²) in [4.78, 5) is 12.4. The molecule has 8 atom stereocenters. The molecular formula is C87H123F12O9PSi3. The average molecular weight is 1660 g/mol. The Labute approximate surface area is 660 Å². The highest BCUT2D eigenvalue weighted by Crippen LogP contribution is 2.69. The molecule has 8 aliphatic carbocycles. The van der Waals surface area contributed by atoms with Gasteiger partial charge in [-0.05, 0) is 227 Å². The predicted molar refractivity (Wildman–Crippen MR) is 430 cm³/mol. The number of rotatable bonds is 19. The van der Waals surface area contributed by atoms with Crippen molar-refractivity contribution in [1.82, 2.24) is 0 Å². The molecule has 7 fully saturated rings. The summed E-state index contributed by atoms with van der Waals surface area (Å²) in [6, 6.07) is 19.8. The third-order valence-corrected chi connectivity index (χ3v) is 38.9. The van der Waals surface area contributed by atoms with Gasteiger partial charge < -0.3 is 37.9 Å². The summed E-state index contributed by atoms with van der Waals surface area (Å²) < 4.78 is 199. The van der Waals surface area contributed by atoms with Crippen LogP contribution in [0, 0.1) is 33.5 Å². The first-order valence-electron chi connectivity index (χ1n) is 39.9. The SMILES string of the molecule is C1CCOC1.C=C1/C(=C\C=C2/CCC[C@]3(C)C(C4(C/C=C\C(O)(C(F)(F)F)C(F)(F)F)CC4)=CCC23)CC(O)C[C@@H]1O.C=C1/C(=C\CP(=O)(c2ccccc2)c2ccccc2)CC(O[Si](C)(C)C(C)(C)C)C[C@@H]1O[Si](C)(C)C(C)(C)C.C[C@]12CCCC(=O)C1CC=C2C1(C/C=C\C(O[Si](C)(C)C)(C(F)(F)F)C(F)(F)F)CC1. The number of halogens is 12.